The number of para-hydroxylation sites is 2. The lowest BCUT2D eigenvalue weighted by Gasteiger charge is -2.36. The van der Waals surface area contributed by atoms with Gasteiger partial charge in [0.25, 0.3) is 16.5 Å². The Bertz CT molecular complexity index is 2590. The molecule has 2 heterocycles. The summed E-state index contributed by atoms with van der Waals surface area (Å²) in [4.78, 5) is 0. The molecule has 0 unspecified atom stereocenters. The fourth-order valence-electron chi connectivity index (χ4n) is 9.97. The van der Waals surface area contributed by atoms with Crippen molar-refractivity contribution in [3.8, 4) is 0 Å². The summed E-state index contributed by atoms with van der Waals surface area (Å²) in [5, 5.41) is 10.7. The largest absolute Gasteiger partial charge is 0.362 e. The molecule has 10 rings (SSSR count). The first-order valence-electron chi connectivity index (χ1n) is 20.6. The van der Waals surface area contributed by atoms with Gasteiger partial charge in [-0.05, 0) is 54.4 Å². The van der Waals surface area contributed by atoms with Crippen LogP contribution in [0.1, 0.15) is 25.0 Å². The molecule has 8 aromatic carbocycles. The van der Waals surface area contributed by atoms with Crippen molar-refractivity contribution in [3.63, 3.8) is 0 Å². The van der Waals surface area contributed by atoms with E-state index in [1.807, 2.05) is 0 Å². The second-order valence-electron chi connectivity index (χ2n) is 16.1. The van der Waals surface area contributed by atoms with Gasteiger partial charge in [-0.3, -0.25) is 0 Å². The maximum Gasteiger partial charge on any atom is 0.257 e. The zero-order valence-electron chi connectivity index (χ0n) is 33.5. The van der Waals surface area contributed by atoms with Crippen LogP contribution in [0.3, 0.4) is 0 Å². The molecule has 0 aliphatic rings. The molecule has 0 saturated heterocycles. The number of hydrogen-bond donors (Lipinski definition) is 0. The predicted octanol–water partition coefficient (Wildman–Crippen LogP) is 8.95. The van der Waals surface area contributed by atoms with Gasteiger partial charge in [-0.2, -0.15) is 0 Å². The van der Waals surface area contributed by atoms with Crippen molar-refractivity contribution in [2.45, 2.75) is 19.3 Å². The van der Waals surface area contributed by atoms with Crippen molar-refractivity contribution in [3.05, 3.63) is 254 Å². The molecule has 59 heavy (non-hydrogen) atoms. The van der Waals surface area contributed by atoms with E-state index in [9.17, 15) is 0 Å². The van der Waals surface area contributed by atoms with Crippen molar-refractivity contribution in [2.24, 2.45) is 0 Å². The summed E-state index contributed by atoms with van der Waals surface area (Å²) in [6, 6.07) is 85.7. The molecule has 0 radical (unpaired) electrons. The number of aromatic nitrogens is 2. The Morgan fingerprint density at radius 2 is 0.508 bits per heavy atom. The fourth-order valence-corrected chi connectivity index (χ4v) is 19.4. The lowest BCUT2D eigenvalue weighted by Crippen LogP contribution is -2.72. The fraction of sp³-hybridized carbons (Fsp3) is 0.0545. The second-order valence-corrected chi connectivity index (χ2v) is 23.4. The molecule has 0 atom stereocenters. The summed E-state index contributed by atoms with van der Waals surface area (Å²) in [5.41, 5.74) is 4.75. The van der Waals surface area contributed by atoms with E-state index < -0.39 is 21.9 Å². The molecule has 284 valence electrons. The Labute approximate surface area is 349 Å². The van der Waals surface area contributed by atoms with Crippen molar-refractivity contribution in [1.82, 2.24) is 8.47 Å². The van der Waals surface area contributed by atoms with Gasteiger partial charge in [0.2, 0.25) is 0 Å². The van der Waals surface area contributed by atoms with Crippen LogP contribution in [0.2, 0.25) is 0 Å². The average molecular weight is 791 g/mol. The van der Waals surface area contributed by atoms with Crippen molar-refractivity contribution in [2.75, 3.05) is 0 Å². The molecular weight excluding hydrogens is 745 g/mol. The summed E-state index contributed by atoms with van der Waals surface area (Å²) in [6.45, 7) is 4.89. The summed E-state index contributed by atoms with van der Waals surface area (Å²) >= 11 is 0. The highest BCUT2D eigenvalue weighted by Gasteiger charge is 2.46. The highest BCUT2D eigenvalue weighted by Crippen LogP contribution is 2.42. The summed E-state index contributed by atoms with van der Waals surface area (Å²) in [5.74, 6) is 0. The van der Waals surface area contributed by atoms with Crippen LogP contribution in [0.5, 0.6) is 0 Å². The first kappa shape index (κ1) is 36.6. The number of hydrogen-bond acceptors (Lipinski definition) is 0. The molecule has 2 nitrogen and oxygen atoms in total. The molecular formula is C55H46N2Si2. The Balaban J connectivity index is 1.29. The molecule has 0 aliphatic carbocycles. The topological polar surface area (TPSA) is 9.86 Å². The highest BCUT2D eigenvalue weighted by atomic mass is 28.3. The van der Waals surface area contributed by atoms with E-state index in [1.165, 1.54) is 64.1 Å². The van der Waals surface area contributed by atoms with Crippen LogP contribution >= 0.6 is 0 Å². The van der Waals surface area contributed by atoms with Gasteiger partial charge in [0.15, 0.2) is 0 Å². The average Bonchev–Trinajstić information content (AvgIpc) is 3.91. The molecule has 0 fully saturated rings. The third kappa shape index (κ3) is 5.74. The van der Waals surface area contributed by atoms with E-state index in [4.69, 9.17) is 0 Å². The van der Waals surface area contributed by atoms with E-state index in [1.54, 1.807) is 0 Å². The Morgan fingerprint density at radius 3 is 0.763 bits per heavy atom. The molecule has 2 aromatic heterocycles. The maximum absolute atomic E-state index is 2.92. The lowest BCUT2D eigenvalue weighted by molar-refractivity contribution is 0.651. The van der Waals surface area contributed by atoms with Crippen LogP contribution in [0.25, 0.3) is 21.8 Å². The predicted molar refractivity (Wildman–Crippen MR) is 255 cm³/mol. The summed E-state index contributed by atoms with van der Waals surface area (Å²) in [6.07, 6.45) is 5.07. The van der Waals surface area contributed by atoms with Crippen LogP contribution in [-0.4, -0.2) is 24.9 Å². The monoisotopic (exact) mass is 790 g/mol. The van der Waals surface area contributed by atoms with Crippen LogP contribution in [0.4, 0.5) is 0 Å². The Hall–Kier alpha value is -6.73. The third-order valence-electron chi connectivity index (χ3n) is 12.6. The van der Waals surface area contributed by atoms with Gasteiger partial charge >= 0.3 is 0 Å². The van der Waals surface area contributed by atoms with E-state index in [0.717, 1.165) is 0 Å². The first-order valence-corrected chi connectivity index (χ1v) is 24.5. The zero-order valence-corrected chi connectivity index (χ0v) is 35.5. The minimum Gasteiger partial charge on any atom is -0.362 e. The highest BCUT2D eigenvalue weighted by molar-refractivity contribution is 7.11. The second kappa shape index (κ2) is 14.9. The van der Waals surface area contributed by atoms with Crippen LogP contribution < -0.4 is 31.1 Å². The Kier molecular flexibility index (Phi) is 9.24. The van der Waals surface area contributed by atoms with E-state index in [-0.39, 0.29) is 0 Å². The number of benzene rings is 8. The molecule has 0 N–H and O–H groups in total. The van der Waals surface area contributed by atoms with Gasteiger partial charge in [0.05, 0.1) is 0 Å². The molecule has 0 spiro atoms. The van der Waals surface area contributed by atoms with Crippen molar-refractivity contribution in [1.29, 1.82) is 0 Å². The Morgan fingerprint density at radius 1 is 0.288 bits per heavy atom. The van der Waals surface area contributed by atoms with Crippen LogP contribution in [0.15, 0.2) is 243 Å². The molecule has 10 aromatic rings. The van der Waals surface area contributed by atoms with E-state index in [0.29, 0.717) is 0 Å². The minimum absolute atomic E-state index is 0.399. The van der Waals surface area contributed by atoms with Gasteiger partial charge in [-0.25, -0.2) is 0 Å². The third-order valence-corrected chi connectivity index (χ3v) is 21.8. The summed E-state index contributed by atoms with van der Waals surface area (Å²) in [7, 11) is -5.83. The molecule has 0 bridgehead atoms. The quantitative estimate of drug-likeness (QED) is 0.0968. The molecule has 4 heteroatoms. The number of rotatable bonds is 10. The molecule has 0 amide bonds. The minimum atomic E-state index is -2.92. The standard InChI is InChI=1S/C55H46N2Si2/c1-55(2,51-41-56(53-39-23-21-37-49(51)53)58(43-25-9-3-10-26-43,44-27-11-4-12-28-44)45-29-13-5-14-30-45)52-42-57(54-40-24-22-38-50(52)54)59(46-31-15-6-16-32-46,47-33-17-7-18-34-47)48-35-19-8-20-36-48/h3-42H,1-2H3. The van der Waals surface area contributed by atoms with Gasteiger partial charge in [-0.1, -0.05) is 232 Å². The zero-order chi connectivity index (χ0) is 39.9. The van der Waals surface area contributed by atoms with Gasteiger partial charge in [0, 0.05) is 39.6 Å². The smallest absolute Gasteiger partial charge is 0.257 e. The van der Waals surface area contributed by atoms with Crippen molar-refractivity contribution >= 4 is 69.4 Å². The van der Waals surface area contributed by atoms with Crippen LogP contribution in [0, 0.1) is 0 Å². The van der Waals surface area contributed by atoms with E-state index in [2.05, 4.69) is 265 Å². The molecule has 0 aliphatic heterocycles. The number of fused-ring (bicyclic) bond motifs is 2. The lowest BCUT2D eigenvalue weighted by atomic mass is 9.78. The first-order chi connectivity index (χ1) is 29.1. The van der Waals surface area contributed by atoms with Gasteiger partial charge < -0.3 is 8.47 Å². The number of nitrogens with zero attached hydrogens (tertiary/aromatic N) is 2. The van der Waals surface area contributed by atoms with E-state index >= 15 is 0 Å². The normalized spacial score (nSPS) is 12.2. The molecule has 0 saturated carbocycles. The van der Waals surface area contributed by atoms with Gasteiger partial charge in [-0.15, -0.1) is 0 Å². The van der Waals surface area contributed by atoms with Gasteiger partial charge in [0.1, 0.15) is 0 Å². The maximum atomic E-state index is 2.70. The van der Waals surface area contributed by atoms with Crippen molar-refractivity contribution < 1.29 is 0 Å². The van der Waals surface area contributed by atoms with Crippen LogP contribution in [-0.2, 0) is 5.41 Å². The summed E-state index contributed by atoms with van der Waals surface area (Å²) < 4.78 is 5.41. The SMILES string of the molecule is CC(C)(c1cn([Si](c2ccccc2)(c2ccccc2)c2ccccc2)c2ccccc12)c1cn([Si](c2ccccc2)(c2ccccc2)c2ccccc2)c2ccccc12.